The minimum absolute atomic E-state index is 0.138. The zero-order valence-corrected chi connectivity index (χ0v) is 16.3. The fourth-order valence-electron chi connectivity index (χ4n) is 3.20. The highest BCUT2D eigenvalue weighted by molar-refractivity contribution is 6.39. The third-order valence-electron chi connectivity index (χ3n) is 4.66. The summed E-state index contributed by atoms with van der Waals surface area (Å²) < 4.78 is 5.12. The van der Waals surface area contributed by atoms with E-state index in [9.17, 15) is 9.59 Å². The van der Waals surface area contributed by atoms with Crippen LogP contribution in [0.5, 0.6) is 5.75 Å². The second kappa shape index (κ2) is 10.1. The first kappa shape index (κ1) is 20.1. The molecule has 0 unspecified atom stereocenters. The number of methoxy groups -OCH3 is 1. The predicted molar refractivity (Wildman–Crippen MR) is 114 cm³/mol. The van der Waals surface area contributed by atoms with Crippen LogP contribution in [-0.2, 0) is 9.59 Å². The molecule has 0 saturated carbocycles. The van der Waals surface area contributed by atoms with Crippen molar-refractivity contribution < 1.29 is 14.3 Å². The number of nitrogens with one attached hydrogen (secondary N) is 2. The van der Waals surface area contributed by atoms with Crippen LogP contribution in [0.4, 0.5) is 5.69 Å². The molecule has 0 bridgehead atoms. The van der Waals surface area contributed by atoms with Gasteiger partial charge in [0.25, 0.3) is 0 Å². The molecule has 0 radical (unpaired) electrons. The summed E-state index contributed by atoms with van der Waals surface area (Å²) in [6, 6.07) is 27.2. The van der Waals surface area contributed by atoms with Crippen molar-refractivity contribution in [1.29, 1.82) is 0 Å². The van der Waals surface area contributed by atoms with Crippen molar-refractivity contribution in [2.24, 2.45) is 0 Å². The summed E-state index contributed by atoms with van der Waals surface area (Å²) in [5, 5.41) is 5.31. The smallest absolute Gasteiger partial charge is 0.313 e. The molecule has 3 aromatic rings. The second-order valence-electron chi connectivity index (χ2n) is 6.60. The molecule has 2 N–H and O–H groups in total. The van der Waals surface area contributed by atoms with Gasteiger partial charge in [-0.25, -0.2) is 0 Å². The molecule has 0 aromatic heterocycles. The van der Waals surface area contributed by atoms with Crippen LogP contribution >= 0.6 is 0 Å². The monoisotopic (exact) mass is 388 g/mol. The van der Waals surface area contributed by atoms with Gasteiger partial charge in [-0.05, 0) is 29.7 Å². The summed E-state index contributed by atoms with van der Waals surface area (Å²) in [5.74, 6) is -0.613. The number of hydrogen-bond donors (Lipinski definition) is 2. The maximum absolute atomic E-state index is 12.2. The fraction of sp³-hybridized carbons (Fsp3) is 0.167. The summed E-state index contributed by atoms with van der Waals surface area (Å²) >= 11 is 0. The normalized spacial score (nSPS) is 10.4. The number of anilines is 1. The Labute approximate surface area is 170 Å². The SMILES string of the molecule is COc1cccc(NC(=O)C(=O)NCCC(c2ccccc2)c2ccccc2)c1. The first-order valence-corrected chi connectivity index (χ1v) is 9.50. The van der Waals surface area contributed by atoms with E-state index < -0.39 is 11.8 Å². The van der Waals surface area contributed by atoms with Crippen molar-refractivity contribution >= 4 is 17.5 Å². The van der Waals surface area contributed by atoms with Crippen molar-refractivity contribution in [3.05, 3.63) is 96.1 Å². The summed E-state index contributed by atoms with van der Waals surface area (Å²) in [6.07, 6.45) is 0.687. The van der Waals surface area contributed by atoms with E-state index in [0.29, 0.717) is 24.4 Å². The molecule has 0 heterocycles. The molecule has 3 rings (SSSR count). The van der Waals surface area contributed by atoms with Crippen LogP contribution in [0.1, 0.15) is 23.5 Å². The summed E-state index contributed by atoms with van der Waals surface area (Å²) in [4.78, 5) is 24.4. The molecule has 0 aliphatic rings. The van der Waals surface area contributed by atoms with E-state index >= 15 is 0 Å². The van der Waals surface area contributed by atoms with Crippen LogP contribution in [0.3, 0.4) is 0 Å². The minimum Gasteiger partial charge on any atom is -0.497 e. The van der Waals surface area contributed by atoms with E-state index in [0.717, 1.165) is 0 Å². The third kappa shape index (κ3) is 5.69. The van der Waals surface area contributed by atoms with Gasteiger partial charge in [0.1, 0.15) is 5.75 Å². The zero-order chi connectivity index (χ0) is 20.5. The third-order valence-corrected chi connectivity index (χ3v) is 4.66. The van der Waals surface area contributed by atoms with Crippen LogP contribution in [-0.4, -0.2) is 25.5 Å². The van der Waals surface area contributed by atoms with Crippen LogP contribution in [0, 0.1) is 0 Å². The summed E-state index contributed by atoms with van der Waals surface area (Å²) in [5.41, 5.74) is 2.86. The molecule has 0 saturated heterocycles. The average molecular weight is 388 g/mol. The van der Waals surface area contributed by atoms with Gasteiger partial charge >= 0.3 is 11.8 Å². The molecular weight excluding hydrogens is 364 g/mol. The number of rotatable bonds is 7. The van der Waals surface area contributed by atoms with Crippen LogP contribution < -0.4 is 15.4 Å². The lowest BCUT2D eigenvalue weighted by atomic mass is 9.88. The Balaban J connectivity index is 1.59. The molecule has 3 aromatic carbocycles. The van der Waals surface area contributed by atoms with Gasteiger partial charge in [0.15, 0.2) is 0 Å². The largest absolute Gasteiger partial charge is 0.497 e. The number of hydrogen-bond acceptors (Lipinski definition) is 3. The number of carbonyl (C=O) groups excluding carboxylic acids is 2. The van der Waals surface area contributed by atoms with E-state index in [1.54, 1.807) is 31.4 Å². The maximum Gasteiger partial charge on any atom is 0.313 e. The molecule has 0 atom stereocenters. The molecule has 2 amide bonds. The Hall–Kier alpha value is -3.60. The average Bonchev–Trinajstić information content (AvgIpc) is 2.78. The summed E-state index contributed by atoms with van der Waals surface area (Å²) in [6.45, 7) is 0.388. The Kier molecular flexibility index (Phi) is 7.00. The molecule has 29 heavy (non-hydrogen) atoms. The molecule has 0 aliphatic heterocycles. The number of benzene rings is 3. The molecule has 5 nitrogen and oxygen atoms in total. The number of carbonyl (C=O) groups is 2. The highest BCUT2D eigenvalue weighted by Crippen LogP contribution is 2.27. The summed E-state index contributed by atoms with van der Waals surface area (Å²) in [7, 11) is 1.55. The van der Waals surface area contributed by atoms with Crippen molar-refractivity contribution in [2.45, 2.75) is 12.3 Å². The van der Waals surface area contributed by atoms with E-state index in [1.807, 2.05) is 36.4 Å². The van der Waals surface area contributed by atoms with Crippen molar-refractivity contribution in [3.63, 3.8) is 0 Å². The zero-order valence-electron chi connectivity index (χ0n) is 16.3. The standard InChI is InChI=1S/C24H24N2O3/c1-29-21-14-8-13-20(17-21)26-24(28)23(27)25-16-15-22(18-9-4-2-5-10-18)19-11-6-3-7-12-19/h2-14,17,22H,15-16H2,1H3,(H,25,27)(H,26,28). The Morgan fingerprint density at radius 2 is 1.45 bits per heavy atom. The quantitative estimate of drug-likeness (QED) is 0.602. The number of amides is 2. The van der Waals surface area contributed by atoms with Crippen LogP contribution in [0.15, 0.2) is 84.9 Å². The van der Waals surface area contributed by atoms with Crippen molar-refractivity contribution in [3.8, 4) is 5.75 Å². The maximum atomic E-state index is 12.2. The molecule has 0 aliphatic carbocycles. The Morgan fingerprint density at radius 3 is 2.03 bits per heavy atom. The molecule has 0 spiro atoms. The minimum atomic E-state index is -0.700. The molecular formula is C24H24N2O3. The van der Waals surface area contributed by atoms with Crippen LogP contribution in [0.2, 0.25) is 0 Å². The van der Waals surface area contributed by atoms with Gasteiger partial charge < -0.3 is 15.4 Å². The van der Waals surface area contributed by atoms with E-state index in [2.05, 4.69) is 34.9 Å². The first-order chi connectivity index (χ1) is 14.2. The van der Waals surface area contributed by atoms with Crippen molar-refractivity contribution in [1.82, 2.24) is 5.32 Å². The van der Waals surface area contributed by atoms with Crippen molar-refractivity contribution in [2.75, 3.05) is 19.0 Å². The predicted octanol–water partition coefficient (Wildman–Crippen LogP) is 3.97. The van der Waals surface area contributed by atoms with Gasteiger partial charge in [-0.1, -0.05) is 66.7 Å². The molecule has 0 fully saturated rings. The lowest BCUT2D eigenvalue weighted by Gasteiger charge is -2.18. The first-order valence-electron chi connectivity index (χ1n) is 9.50. The Bertz CT molecular complexity index is 903. The van der Waals surface area contributed by atoms with Gasteiger partial charge in [-0.15, -0.1) is 0 Å². The highest BCUT2D eigenvalue weighted by atomic mass is 16.5. The van der Waals surface area contributed by atoms with E-state index in [4.69, 9.17) is 4.74 Å². The van der Waals surface area contributed by atoms with Gasteiger partial charge in [0.2, 0.25) is 0 Å². The van der Waals surface area contributed by atoms with E-state index in [-0.39, 0.29) is 5.92 Å². The molecule has 148 valence electrons. The second-order valence-corrected chi connectivity index (χ2v) is 6.60. The Morgan fingerprint density at radius 1 is 0.828 bits per heavy atom. The van der Waals surface area contributed by atoms with Crippen LogP contribution in [0.25, 0.3) is 0 Å². The van der Waals surface area contributed by atoms with Gasteiger partial charge in [0, 0.05) is 24.2 Å². The topological polar surface area (TPSA) is 67.4 Å². The molecule has 5 heteroatoms. The lowest BCUT2D eigenvalue weighted by Crippen LogP contribution is -2.36. The number of ether oxygens (including phenoxy) is 1. The van der Waals surface area contributed by atoms with Gasteiger partial charge in [0.05, 0.1) is 7.11 Å². The van der Waals surface area contributed by atoms with Gasteiger partial charge in [-0.3, -0.25) is 9.59 Å². The van der Waals surface area contributed by atoms with Gasteiger partial charge in [-0.2, -0.15) is 0 Å². The van der Waals surface area contributed by atoms with E-state index in [1.165, 1.54) is 11.1 Å². The highest BCUT2D eigenvalue weighted by Gasteiger charge is 2.17. The fourth-order valence-corrected chi connectivity index (χ4v) is 3.20. The lowest BCUT2D eigenvalue weighted by molar-refractivity contribution is -0.136.